The van der Waals surface area contributed by atoms with Gasteiger partial charge in [0.2, 0.25) is 0 Å². The Hall–Kier alpha value is -1.99. The fourth-order valence-corrected chi connectivity index (χ4v) is 4.80. The van der Waals surface area contributed by atoms with Crippen molar-refractivity contribution in [1.82, 2.24) is 14.5 Å². The van der Waals surface area contributed by atoms with E-state index in [2.05, 4.69) is 31.2 Å². The minimum absolute atomic E-state index is 0.249. The first-order valence-corrected chi connectivity index (χ1v) is 8.58. The monoisotopic (exact) mass is 390 g/mol. The fraction of sp³-hybridized carbons (Fsp3) is 0.125. The molecule has 0 amide bonds. The van der Waals surface area contributed by atoms with Gasteiger partial charge in [0.25, 0.3) is 0 Å². The van der Waals surface area contributed by atoms with Crippen LogP contribution in [0, 0.1) is 5.82 Å². The highest BCUT2D eigenvalue weighted by Crippen LogP contribution is 2.44. The van der Waals surface area contributed by atoms with Gasteiger partial charge in [-0.15, -0.1) is 11.3 Å². The zero-order valence-electron chi connectivity index (χ0n) is 12.4. The summed E-state index contributed by atoms with van der Waals surface area (Å²) in [5, 5.41) is 3.10. The first kappa shape index (κ1) is 14.6. The predicted octanol–water partition coefficient (Wildman–Crippen LogP) is 4.79. The highest BCUT2D eigenvalue weighted by Gasteiger charge is 2.20. The van der Waals surface area contributed by atoms with Crippen LogP contribution >= 0.6 is 27.3 Å². The quantitative estimate of drug-likeness (QED) is 0.534. The summed E-state index contributed by atoms with van der Waals surface area (Å²) >= 11 is 5.23. The first-order valence-electron chi connectivity index (χ1n) is 6.97. The summed E-state index contributed by atoms with van der Waals surface area (Å²) in [6.07, 6.45) is 1.78. The van der Waals surface area contributed by atoms with E-state index >= 15 is 0 Å². The molecule has 4 nitrogen and oxygen atoms in total. The molecule has 0 unspecified atom stereocenters. The maximum Gasteiger partial charge on any atom is 0.154 e. The number of aromatic nitrogens is 3. The zero-order valence-corrected chi connectivity index (χ0v) is 14.8. The summed E-state index contributed by atoms with van der Waals surface area (Å²) in [4.78, 5) is 10.1. The van der Waals surface area contributed by atoms with Crippen molar-refractivity contribution in [3.8, 4) is 10.4 Å². The molecule has 3 aromatic heterocycles. The van der Waals surface area contributed by atoms with Crippen molar-refractivity contribution < 1.29 is 4.39 Å². The third kappa shape index (κ3) is 2.14. The minimum atomic E-state index is -0.249. The number of thiophene rings is 1. The van der Waals surface area contributed by atoms with E-state index in [4.69, 9.17) is 0 Å². The molecule has 4 aromatic rings. The van der Waals surface area contributed by atoms with E-state index in [1.54, 1.807) is 23.7 Å². The van der Waals surface area contributed by atoms with E-state index in [-0.39, 0.29) is 5.82 Å². The normalized spacial score (nSPS) is 11.5. The molecule has 0 radical (unpaired) electrons. The summed E-state index contributed by atoms with van der Waals surface area (Å²) < 4.78 is 17.5. The van der Waals surface area contributed by atoms with Gasteiger partial charge >= 0.3 is 0 Å². The van der Waals surface area contributed by atoms with Crippen LogP contribution in [0.3, 0.4) is 0 Å². The summed E-state index contributed by atoms with van der Waals surface area (Å²) in [7, 11) is 3.79. The highest BCUT2D eigenvalue weighted by atomic mass is 79.9. The fourth-order valence-electron chi connectivity index (χ4n) is 2.69. The number of halogens is 2. The van der Waals surface area contributed by atoms with Gasteiger partial charge in [0.15, 0.2) is 5.82 Å². The van der Waals surface area contributed by atoms with Crippen molar-refractivity contribution in [2.75, 3.05) is 12.4 Å². The predicted molar refractivity (Wildman–Crippen MR) is 96.5 cm³/mol. The van der Waals surface area contributed by atoms with Gasteiger partial charge in [-0.3, -0.25) is 0 Å². The van der Waals surface area contributed by atoms with Crippen molar-refractivity contribution in [2.24, 2.45) is 7.05 Å². The largest absolute Gasteiger partial charge is 0.371 e. The molecule has 0 saturated heterocycles. The van der Waals surface area contributed by atoms with Gasteiger partial charge in [-0.1, -0.05) is 12.1 Å². The van der Waals surface area contributed by atoms with E-state index in [1.165, 1.54) is 12.1 Å². The molecule has 4 rings (SSSR count). The van der Waals surface area contributed by atoms with Crippen molar-refractivity contribution in [3.63, 3.8) is 0 Å². The van der Waals surface area contributed by atoms with Crippen molar-refractivity contribution >= 4 is 54.3 Å². The van der Waals surface area contributed by atoms with Crippen LogP contribution < -0.4 is 5.32 Å². The van der Waals surface area contributed by atoms with Crippen LogP contribution in [0.25, 0.3) is 31.7 Å². The molecule has 0 fully saturated rings. The highest BCUT2D eigenvalue weighted by molar-refractivity contribution is 9.10. The molecular weight excluding hydrogens is 379 g/mol. The number of hydrogen-bond donors (Lipinski definition) is 1. The second-order valence-electron chi connectivity index (χ2n) is 5.20. The SMILES string of the molecule is CNc1nc2c(Br)c(-c3cccc(F)c3)sc2c2c1ncn2C. The maximum absolute atomic E-state index is 13.6. The van der Waals surface area contributed by atoms with Crippen molar-refractivity contribution in [3.05, 3.63) is 40.9 Å². The average Bonchev–Trinajstić information content (AvgIpc) is 3.08. The third-order valence-corrected chi connectivity index (χ3v) is 6.02. The molecule has 0 saturated carbocycles. The number of aryl methyl sites for hydroxylation is 1. The molecule has 7 heteroatoms. The number of pyridine rings is 1. The molecule has 23 heavy (non-hydrogen) atoms. The van der Waals surface area contributed by atoms with E-state index in [1.807, 2.05) is 24.7 Å². The van der Waals surface area contributed by atoms with E-state index in [0.717, 1.165) is 42.0 Å². The lowest BCUT2D eigenvalue weighted by atomic mass is 10.2. The van der Waals surface area contributed by atoms with Gasteiger partial charge in [-0.25, -0.2) is 14.4 Å². The van der Waals surface area contributed by atoms with Crippen molar-refractivity contribution in [2.45, 2.75) is 0 Å². The molecule has 1 aromatic carbocycles. The molecule has 0 spiro atoms. The molecule has 116 valence electrons. The number of anilines is 1. The number of nitrogens with zero attached hydrogens (tertiary/aromatic N) is 3. The van der Waals surface area contributed by atoms with Gasteiger partial charge in [0.1, 0.15) is 16.9 Å². The third-order valence-electron chi connectivity index (χ3n) is 3.75. The Morgan fingerprint density at radius 2 is 2.13 bits per heavy atom. The molecule has 0 bridgehead atoms. The van der Waals surface area contributed by atoms with E-state index < -0.39 is 0 Å². The van der Waals surface area contributed by atoms with Gasteiger partial charge < -0.3 is 9.88 Å². The Morgan fingerprint density at radius 1 is 1.30 bits per heavy atom. The summed E-state index contributed by atoms with van der Waals surface area (Å²) in [6, 6.07) is 6.60. The second-order valence-corrected chi connectivity index (χ2v) is 7.01. The standard InChI is InChI=1S/C16H12BrFN4S/c1-19-16-12-13(22(2)7-20-12)15-11(21-16)10(17)14(23-15)8-4-3-5-9(18)6-8/h3-7H,1-2H3,(H,19,21). The molecule has 0 aliphatic carbocycles. The van der Waals surface area contributed by atoms with Crippen LogP contribution in [0.4, 0.5) is 10.2 Å². The smallest absolute Gasteiger partial charge is 0.154 e. The van der Waals surface area contributed by atoms with Gasteiger partial charge in [-0.2, -0.15) is 0 Å². The topological polar surface area (TPSA) is 42.7 Å². The average molecular weight is 391 g/mol. The van der Waals surface area contributed by atoms with Crippen LogP contribution in [0.5, 0.6) is 0 Å². The molecular formula is C16H12BrFN4S. The Balaban J connectivity index is 2.12. The van der Waals surface area contributed by atoms with Gasteiger partial charge in [0, 0.05) is 14.1 Å². The van der Waals surface area contributed by atoms with Crippen LogP contribution in [0.2, 0.25) is 0 Å². The number of hydrogen-bond acceptors (Lipinski definition) is 4. The van der Waals surface area contributed by atoms with Crippen LogP contribution in [0.1, 0.15) is 0 Å². The summed E-state index contributed by atoms with van der Waals surface area (Å²) in [5.41, 5.74) is 3.55. The van der Waals surface area contributed by atoms with Crippen LogP contribution in [-0.4, -0.2) is 21.6 Å². The molecule has 3 heterocycles. The van der Waals surface area contributed by atoms with Crippen LogP contribution in [0.15, 0.2) is 35.1 Å². The lowest BCUT2D eigenvalue weighted by molar-refractivity contribution is 0.628. The Bertz CT molecular complexity index is 1050. The summed E-state index contributed by atoms with van der Waals surface area (Å²) in [5.74, 6) is 0.485. The second kappa shape index (κ2) is 5.28. The first-order chi connectivity index (χ1) is 11.1. The molecule has 0 atom stereocenters. The lowest BCUT2D eigenvalue weighted by Gasteiger charge is -2.03. The summed E-state index contributed by atoms with van der Waals surface area (Å²) in [6.45, 7) is 0. The maximum atomic E-state index is 13.6. The number of fused-ring (bicyclic) bond motifs is 3. The van der Waals surface area contributed by atoms with Crippen molar-refractivity contribution in [1.29, 1.82) is 0 Å². The Kier molecular flexibility index (Phi) is 3.35. The molecule has 0 aliphatic rings. The van der Waals surface area contributed by atoms with E-state index in [9.17, 15) is 4.39 Å². The Morgan fingerprint density at radius 3 is 2.87 bits per heavy atom. The van der Waals surface area contributed by atoms with E-state index in [0.29, 0.717) is 0 Å². The van der Waals surface area contributed by atoms with Crippen LogP contribution in [-0.2, 0) is 7.05 Å². The molecule has 0 aliphatic heterocycles. The molecule has 1 N–H and O–H groups in total. The minimum Gasteiger partial charge on any atom is -0.371 e. The van der Waals surface area contributed by atoms with Gasteiger partial charge in [0.05, 0.1) is 25.9 Å². The zero-order chi connectivity index (χ0) is 16.1. The number of imidazole rings is 1. The number of benzene rings is 1. The van der Waals surface area contributed by atoms with Gasteiger partial charge in [-0.05, 0) is 33.6 Å². The lowest BCUT2D eigenvalue weighted by Crippen LogP contribution is -1.94. The Labute approximate surface area is 144 Å². The number of nitrogens with one attached hydrogen (secondary N) is 1. The number of rotatable bonds is 2.